The Balaban J connectivity index is 1.58. The van der Waals surface area contributed by atoms with Crippen LogP contribution >= 0.6 is 0 Å². The highest BCUT2D eigenvalue weighted by atomic mass is 28.4. The second kappa shape index (κ2) is 9.37. The molecule has 0 amide bonds. The molecule has 1 spiro atoms. The fraction of sp³-hybridized carbons (Fsp3) is 0.964. The highest BCUT2D eigenvalue weighted by Crippen LogP contribution is 2.65. The third-order valence-corrected chi connectivity index (χ3v) is 15.7. The summed E-state index contributed by atoms with van der Waals surface area (Å²) in [6, 6.07) is 0. The third-order valence-electron chi connectivity index (χ3n) is 11.2. The maximum absolute atomic E-state index is 12.4. The van der Waals surface area contributed by atoms with Gasteiger partial charge in [0.1, 0.15) is 6.10 Å². The van der Waals surface area contributed by atoms with E-state index in [1.165, 1.54) is 0 Å². The van der Waals surface area contributed by atoms with Gasteiger partial charge in [-0.05, 0) is 74.5 Å². The summed E-state index contributed by atoms with van der Waals surface area (Å²) in [5.74, 6) is 0.210. The summed E-state index contributed by atoms with van der Waals surface area (Å²) in [6.45, 7) is 19.9. The molecule has 7 atom stereocenters. The summed E-state index contributed by atoms with van der Waals surface area (Å²) < 4.78 is 25.6. The lowest BCUT2D eigenvalue weighted by Gasteiger charge is -2.57. The van der Waals surface area contributed by atoms with Crippen LogP contribution in [-0.4, -0.2) is 52.0 Å². The quantitative estimate of drug-likeness (QED) is 0.381. The Labute approximate surface area is 214 Å². The van der Waals surface area contributed by atoms with Crippen LogP contribution in [0.1, 0.15) is 86.5 Å². The largest absolute Gasteiger partial charge is 0.462 e. The van der Waals surface area contributed by atoms with Crippen LogP contribution in [-0.2, 0) is 23.4 Å². The first kappa shape index (κ1) is 27.6. The zero-order chi connectivity index (χ0) is 25.9. The first-order chi connectivity index (χ1) is 16.2. The average Bonchev–Trinajstić information content (AvgIpc) is 3.34. The van der Waals surface area contributed by atoms with Crippen LogP contribution in [0.4, 0.5) is 0 Å². The predicted octanol–water partition coefficient (Wildman–Crippen LogP) is 5.64. The molecule has 4 aliphatic rings. The molecule has 202 valence electrons. The molecule has 4 fully saturated rings. The van der Waals surface area contributed by atoms with Crippen molar-refractivity contribution >= 4 is 14.3 Å². The molecule has 6 nitrogen and oxygen atoms in total. The number of nitrogens with two attached hydrogens (primary N) is 1. The van der Waals surface area contributed by atoms with E-state index in [4.69, 9.17) is 24.4 Å². The first-order valence-corrected chi connectivity index (χ1v) is 16.9. The molecule has 0 aromatic carbocycles. The van der Waals surface area contributed by atoms with Gasteiger partial charge >= 0.3 is 5.97 Å². The van der Waals surface area contributed by atoms with Gasteiger partial charge in [0.05, 0.1) is 13.2 Å². The minimum atomic E-state index is -1.84. The Bertz CT molecular complexity index is 791. The Hall–Kier alpha value is -0.473. The van der Waals surface area contributed by atoms with Crippen LogP contribution < -0.4 is 5.73 Å². The molecule has 7 heteroatoms. The predicted molar refractivity (Wildman–Crippen MR) is 140 cm³/mol. The van der Waals surface area contributed by atoms with Gasteiger partial charge in [0, 0.05) is 36.7 Å². The summed E-state index contributed by atoms with van der Waals surface area (Å²) in [4.78, 5) is 12.4. The van der Waals surface area contributed by atoms with Gasteiger partial charge < -0.3 is 24.4 Å². The number of ether oxygens (including phenoxy) is 3. The molecule has 0 radical (unpaired) electrons. The summed E-state index contributed by atoms with van der Waals surface area (Å²) in [5, 5.41) is 0.197. The van der Waals surface area contributed by atoms with E-state index in [0.717, 1.165) is 44.9 Å². The fourth-order valence-electron chi connectivity index (χ4n) is 7.96. The van der Waals surface area contributed by atoms with Crippen molar-refractivity contribution in [2.24, 2.45) is 34.3 Å². The molecule has 2 unspecified atom stereocenters. The van der Waals surface area contributed by atoms with Gasteiger partial charge in [0.2, 0.25) is 0 Å². The topological polar surface area (TPSA) is 80.0 Å². The number of carbonyl (C=O) groups is 1. The summed E-state index contributed by atoms with van der Waals surface area (Å²) in [6.07, 6.45) is 7.20. The SMILES string of the molecule is CC(=O)O[C@H]1C2CCC3(OCCO3)[C@@]2(C)CCC1[C@@]1(C)CC[C@H](O[Si](C)(C)C(C)(C)C)C[C@@H]1CN. The fourth-order valence-corrected chi connectivity index (χ4v) is 9.36. The van der Waals surface area contributed by atoms with Crippen molar-refractivity contribution in [1.82, 2.24) is 0 Å². The zero-order valence-corrected chi connectivity index (χ0v) is 24.6. The van der Waals surface area contributed by atoms with E-state index in [0.29, 0.717) is 31.6 Å². The van der Waals surface area contributed by atoms with E-state index < -0.39 is 14.1 Å². The number of carbonyl (C=O) groups excluding carboxylic acids is 1. The molecule has 0 aromatic heterocycles. The van der Waals surface area contributed by atoms with E-state index >= 15 is 0 Å². The van der Waals surface area contributed by atoms with Crippen LogP contribution in [0.3, 0.4) is 0 Å². The van der Waals surface area contributed by atoms with Gasteiger partial charge in [-0.3, -0.25) is 4.79 Å². The maximum Gasteiger partial charge on any atom is 0.302 e. The summed E-state index contributed by atoms with van der Waals surface area (Å²) in [7, 11) is -1.84. The smallest absolute Gasteiger partial charge is 0.302 e. The lowest BCUT2D eigenvalue weighted by molar-refractivity contribution is -0.252. The van der Waals surface area contributed by atoms with Crippen LogP contribution in [0.25, 0.3) is 0 Å². The Morgan fingerprint density at radius 3 is 2.23 bits per heavy atom. The van der Waals surface area contributed by atoms with Crippen molar-refractivity contribution in [2.45, 2.75) is 123 Å². The van der Waals surface area contributed by atoms with Crippen molar-refractivity contribution in [3.8, 4) is 0 Å². The normalized spacial score (nSPS) is 41.7. The average molecular weight is 510 g/mol. The van der Waals surface area contributed by atoms with Crippen LogP contribution in [0, 0.1) is 28.6 Å². The van der Waals surface area contributed by atoms with Gasteiger partial charge in [-0.1, -0.05) is 34.6 Å². The van der Waals surface area contributed by atoms with Gasteiger partial charge in [0.25, 0.3) is 0 Å². The lowest BCUT2D eigenvalue weighted by atomic mass is 9.51. The minimum absolute atomic E-state index is 0.0244. The zero-order valence-electron chi connectivity index (χ0n) is 23.6. The highest BCUT2D eigenvalue weighted by molar-refractivity contribution is 6.74. The summed E-state index contributed by atoms with van der Waals surface area (Å²) in [5.41, 5.74) is 6.38. The Kier molecular flexibility index (Phi) is 7.38. The van der Waals surface area contributed by atoms with Crippen LogP contribution in [0.15, 0.2) is 0 Å². The molecular weight excluding hydrogens is 458 g/mol. The highest BCUT2D eigenvalue weighted by Gasteiger charge is 2.67. The Morgan fingerprint density at radius 1 is 1.03 bits per heavy atom. The van der Waals surface area contributed by atoms with E-state index in [2.05, 4.69) is 47.7 Å². The van der Waals surface area contributed by atoms with Crippen LogP contribution in [0.5, 0.6) is 0 Å². The molecule has 1 saturated heterocycles. The minimum Gasteiger partial charge on any atom is -0.462 e. The van der Waals surface area contributed by atoms with Crippen molar-refractivity contribution < 1.29 is 23.4 Å². The van der Waals surface area contributed by atoms with Gasteiger partial charge in [-0.2, -0.15) is 0 Å². The molecule has 35 heavy (non-hydrogen) atoms. The van der Waals surface area contributed by atoms with Gasteiger partial charge in [-0.15, -0.1) is 0 Å². The molecule has 2 N–H and O–H groups in total. The molecule has 4 rings (SSSR count). The van der Waals surface area contributed by atoms with E-state index in [1.54, 1.807) is 6.92 Å². The van der Waals surface area contributed by atoms with E-state index in [-0.39, 0.29) is 40.0 Å². The number of esters is 1. The lowest BCUT2D eigenvalue weighted by Crippen LogP contribution is -2.59. The van der Waals surface area contributed by atoms with Gasteiger partial charge in [-0.25, -0.2) is 0 Å². The van der Waals surface area contributed by atoms with E-state index in [1.807, 2.05) is 0 Å². The van der Waals surface area contributed by atoms with Crippen molar-refractivity contribution in [3.63, 3.8) is 0 Å². The van der Waals surface area contributed by atoms with Crippen molar-refractivity contribution in [3.05, 3.63) is 0 Å². The van der Waals surface area contributed by atoms with Crippen molar-refractivity contribution in [2.75, 3.05) is 19.8 Å². The second-order valence-electron chi connectivity index (χ2n) is 13.9. The maximum atomic E-state index is 12.4. The number of hydrogen-bond acceptors (Lipinski definition) is 6. The Morgan fingerprint density at radius 2 is 1.66 bits per heavy atom. The van der Waals surface area contributed by atoms with Gasteiger partial charge in [0.15, 0.2) is 14.1 Å². The molecule has 1 aliphatic heterocycles. The molecule has 0 aromatic rings. The molecule has 3 saturated carbocycles. The second-order valence-corrected chi connectivity index (χ2v) is 18.7. The van der Waals surface area contributed by atoms with E-state index in [9.17, 15) is 4.79 Å². The monoisotopic (exact) mass is 509 g/mol. The number of hydrogen-bond donors (Lipinski definition) is 1. The van der Waals surface area contributed by atoms with Crippen LogP contribution in [0.2, 0.25) is 18.1 Å². The first-order valence-electron chi connectivity index (χ1n) is 14.0. The molecule has 0 bridgehead atoms. The number of rotatable bonds is 5. The third kappa shape index (κ3) is 4.56. The van der Waals surface area contributed by atoms with Crippen molar-refractivity contribution in [1.29, 1.82) is 0 Å². The summed E-state index contributed by atoms with van der Waals surface area (Å²) >= 11 is 0. The molecular formula is C28H51NO5Si. The number of fused-ring (bicyclic) bond motifs is 2. The molecule has 3 aliphatic carbocycles. The molecule has 1 heterocycles. The standard InChI is InChI=1S/C28H51NO5Si/c1-19(30)33-24-22(10-13-27(6)23(24)11-14-28(27)31-15-16-32-28)26(5)12-9-21(17-20(26)18-29)34-35(7,8)25(2,3)4/h20-24H,9-18,29H2,1-8H3/t20-,21+,22?,23?,24-,26+,27+/m1/s1.